The second-order valence-electron chi connectivity index (χ2n) is 4.63. The zero-order chi connectivity index (χ0) is 11.4. The van der Waals surface area contributed by atoms with Gasteiger partial charge in [0, 0.05) is 30.8 Å². The summed E-state index contributed by atoms with van der Waals surface area (Å²) in [7, 11) is 0. The molecule has 1 aromatic heterocycles. The Morgan fingerprint density at radius 2 is 2.50 bits per heavy atom. The highest BCUT2D eigenvalue weighted by molar-refractivity contribution is 5.79. The lowest BCUT2D eigenvalue weighted by Gasteiger charge is -2.14. The number of amides is 1. The van der Waals surface area contributed by atoms with E-state index in [9.17, 15) is 4.79 Å². The number of imidazole rings is 1. The van der Waals surface area contributed by atoms with E-state index in [0.717, 1.165) is 18.5 Å². The van der Waals surface area contributed by atoms with Crippen LogP contribution in [0.15, 0.2) is 12.5 Å². The average Bonchev–Trinajstić information content (AvgIpc) is 2.88. The van der Waals surface area contributed by atoms with E-state index in [1.165, 1.54) is 12.8 Å². The molecular formula is C12H19N3O. The van der Waals surface area contributed by atoms with Crippen molar-refractivity contribution >= 4 is 5.91 Å². The van der Waals surface area contributed by atoms with E-state index in [0.29, 0.717) is 12.5 Å². The SMILES string of the molecule is CC1CCCC1C(=O)NCCc1cnc[nH]1. The highest BCUT2D eigenvalue weighted by Gasteiger charge is 2.29. The summed E-state index contributed by atoms with van der Waals surface area (Å²) in [6, 6.07) is 0. The Kier molecular flexibility index (Phi) is 3.59. The number of nitrogens with zero attached hydrogens (tertiary/aromatic N) is 1. The zero-order valence-corrected chi connectivity index (χ0v) is 9.70. The van der Waals surface area contributed by atoms with Crippen LogP contribution in [0.5, 0.6) is 0 Å². The first-order valence-electron chi connectivity index (χ1n) is 6.02. The molecule has 2 rings (SSSR count). The molecule has 0 saturated heterocycles. The van der Waals surface area contributed by atoms with Crippen LogP contribution in [0.2, 0.25) is 0 Å². The van der Waals surface area contributed by atoms with Gasteiger partial charge < -0.3 is 10.3 Å². The lowest BCUT2D eigenvalue weighted by Crippen LogP contribution is -2.33. The molecule has 1 fully saturated rings. The van der Waals surface area contributed by atoms with Gasteiger partial charge in [-0.2, -0.15) is 0 Å². The van der Waals surface area contributed by atoms with Crippen molar-refractivity contribution in [3.05, 3.63) is 18.2 Å². The van der Waals surface area contributed by atoms with Crippen molar-refractivity contribution < 1.29 is 4.79 Å². The van der Waals surface area contributed by atoms with Gasteiger partial charge >= 0.3 is 0 Å². The molecule has 1 saturated carbocycles. The van der Waals surface area contributed by atoms with Gasteiger partial charge in [-0.3, -0.25) is 4.79 Å². The van der Waals surface area contributed by atoms with Crippen molar-refractivity contribution in [1.82, 2.24) is 15.3 Å². The van der Waals surface area contributed by atoms with Gasteiger partial charge in [0.2, 0.25) is 5.91 Å². The van der Waals surface area contributed by atoms with Gasteiger partial charge in [0.25, 0.3) is 0 Å². The molecule has 1 aliphatic carbocycles. The Morgan fingerprint density at radius 1 is 1.62 bits per heavy atom. The summed E-state index contributed by atoms with van der Waals surface area (Å²) in [5.41, 5.74) is 1.07. The van der Waals surface area contributed by atoms with Crippen LogP contribution in [0.1, 0.15) is 31.9 Å². The third-order valence-corrected chi connectivity index (χ3v) is 3.45. The molecule has 1 heterocycles. The molecule has 88 valence electrons. The summed E-state index contributed by atoms with van der Waals surface area (Å²) in [6.45, 7) is 2.87. The largest absolute Gasteiger partial charge is 0.355 e. The van der Waals surface area contributed by atoms with Crippen LogP contribution >= 0.6 is 0 Å². The first-order valence-corrected chi connectivity index (χ1v) is 6.02. The average molecular weight is 221 g/mol. The molecule has 4 heteroatoms. The number of hydrogen-bond acceptors (Lipinski definition) is 2. The summed E-state index contributed by atoms with van der Waals surface area (Å²) in [5.74, 6) is 1.01. The van der Waals surface area contributed by atoms with Crippen molar-refractivity contribution in [3.8, 4) is 0 Å². The second-order valence-corrected chi connectivity index (χ2v) is 4.63. The van der Waals surface area contributed by atoms with Gasteiger partial charge in [-0.1, -0.05) is 13.3 Å². The molecule has 0 bridgehead atoms. The third kappa shape index (κ3) is 2.62. The predicted molar refractivity (Wildman–Crippen MR) is 61.8 cm³/mol. The first kappa shape index (κ1) is 11.2. The molecule has 4 nitrogen and oxygen atoms in total. The minimum atomic E-state index is 0.226. The van der Waals surface area contributed by atoms with Crippen LogP contribution < -0.4 is 5.32 Å². The quantitative estimate of drug-likeness (QED) is 0.809. The van der Waals surface area contributed by atoms with Crippen LogP contribution in [0, 0.1) is 11.8 Å². The first-order chi connectivity index (χ1) is 7.77. The number of H-pyrrole nitrogens is 1. The second kappa shape index (κ2) is 5.14. The summed E-state index contributed by atoms with van der Waals surface area (Å²) < 4.78 is 0. The van der Waals surface area contributed by atoms with Crippen molar-refractivity contribution in [2.24, 2.45) is 11.8 Å². The highest BCUT2D eigenvalue weighted by Crippen LogP contribution is 2.30. The summed E-state index contributed by atoms with van der Waals surface area (Å²) in [5, 5.41) is 3.01. The monoisotopic (exact) mass is 221 g/mol. The number of nitrogens with one attached hydrogen (secondary N) is 2. The van der Waals surface area contributed by atoms with Gasteiger partial charge in [0.05, 0.1) is 6.33 Å². The topological polar surface area (TPSA) is 57.8 Å². The molecular weight excluding hydrogens is 202 g/mol. The normalized spacial score (nSPS) is 24.6. The van der Waals surface area contributed by atoms with Gasteiger partial charge in [-0.15, -0.1) is 0 Å². The van der Waals surface area contributed by atoms with Crippen LogP contribution in [-0.4, -0.2) is 22.4 Å². The van der Waals surface area contributed by atoms with Crippen LogP contribution in [0.4, 0.5) is 0 Å². The number of aromatic amines is 1. The minimum Gasteiger partial charge on any atom is -0.355 e. The molecule has 1 amide bonds. The van der Waals surface area contributed by atoms with E-state index >= 15 is 0 Å². The van der Waals surface area contributed by atoms with E-state index in [1.54, 1.807) is 12.5 Å². The summed E-state index contributed by atoms with van der Waals surface area (Å²) in [6.07, 6.45) is 7.73. The molecule has 2 unspecified atom stereocenters. The zero-order valence-electron chi connectivity index (χ0n) is 9.70. The van der Waals surface area contributed by atoms with E-state index < -0.39 is 0 Å². The number of carbonyl (C=O) groups excluding carboxylic acids is 1. The number of aromatic nitrogens is 2. The molecule has 2 N–H and O–H groups in total. The Bertz CT molecular complexity index is 334. The Morgan fingerprint density at radius 3 is 3.12 bits per heavy atom. The molecule has 0 aromatic carbocycles. The number of hydrogen-bond donors (Lipinski definition) is 2. The maximum Gasteiger partial charge on any atom is 0.223 e. The fourth-order valence-electron chi connectivity index (χ4n) is 2.41. The predicted octanol–water partition coefficient (Wildman–Crippen LogP) is 1.50. The molecule has 2 atom stereocenters. The van der Waals surface area contributed by atoms with Crippen LogP contribution in [0.25, 0.3) is 0 Å². The Hall–Kier alpha value is -1.32. The lowest BCUT2D eigenvalue weighted by molar-refractivity contribution is -0.125. The minimum absolute atomic E-state index is 0.226. The summed E-state index contributed by atoms with van der Waals surface area (Å²) in [4.78, 5) is 18.8. The molecule has 0 aliphatic heterocycles. The van der Waals surface area contributed by atoms with E-state index in [1.807, 2.05) is 0 Å². The summed E-state index contributed by atoms with van der Waals surface area (Å²) >= 11 is 0. The Balaban J connectivity index is 1.71. The maximum absolute atomic E-state index is 11.8. The van der Waals surface area contributed by atoms with E-state index in [2.05, 4.69) is 22.2 Å². The van der Waals surface area contributed by atoms with E-state index in [4.69, 9.17) is 0 Å². The van der Waals surface area contributed by atoms with E-state index in [-0.39, 0.29) is 11.8 Å². The lowest BCUT2D eigenvalue weighted by atomic mass is 9.97. The molecule has 0 radical (unpaired) electrons. The molecule has 1 aromatic rings. The molecule has 16 heavy (non-hydrogen) atoms. The van der Waals surface area contributed by atoms with Crippen LogP contribution in [0.3, 0.4) is 0 Å². The fourth-order valence-corrected chi connectivity index (χ4v) is 2.41. The third-order valence-electron chi connectivity index (χ3n) is 3.45. The van der Waals surface area contributed by atoms with Crippen molar-refractivity contribution in [1.29, 1.82) is 0 Å². The standard InChI is InChI=1S/C12H19N3O/c1-9-3-2-4-11(9)12(16)14-6-5-10-7-13-8-15-10/h7-9,11H,2-6H2,1H3,(H,13,15)(H,14,16). The van der Waals surface area contributed by atoms with Gasteiger partial charge in [-0.25, -0.2) is 4.98 Å². The van der Waals surface area contributed by atoms with Crippen molar-refractivity contribution in [2.75, 3.05) is 6.54 Å². The Labute approximate surface area is 95.9 Å². The van der Waals surface area contributed by atoms with Gasteiger partial charge in [0.1, 0.15) is 0 Å². The number of carbonyl (C=O) groups is 1. The highest BCUT2D eigenvalue weighted by atomic mass is 16.1. The van der Waals surface area contributed by atoms with Crippen LogP contribution in [-0.2, 0) is 11.2 Å². The van der Waals surface area contributed by atoms with Crippen molar-refractivity contribution in [3.63, 3.8) is 0 Å². The molecule has 0 spiro atoms. The molecule has 1 aliphatic rings. The number of rotatable bonds is 4. The van der Waals surface area contributed by atoms with Gasteiger partial charge in [-0.05, 0) is 18.8 Å². The smallest absolute Gasteiger partial charge is 0.223 e. The van der Waals surface area contributed by atoms with Gasteiger partial charge in [0.15, 0.2) is 0 Å². The fraction of sp³-hybridized carbons (Fsp3) is 0.667. The van der Waals surface area contributed by atoms with Crippen molar-refractivity contribution in [2.45, 2.75) is 32.6 Å². The maximum atomic E-state index is 11.8.